The van der Waals surface area contributed by atoms with E-state index < -0.39 is 38.8 Å². The summed E-state index contributed by atoms with van der Waals surface area (Å²) in [6, 6.07) is 41.3. The molecule has 4 atom stereocenters. The minimum atomic E-state index is -3.02. The zero-order valence-electron chi connectivity index (χ0n) is 34.0. The number of hydrogen-bond donors (Lipinski definition) is 3. The fraction of sp³-hybridized carbons (Fsp3) is 0.265. The molecule has 0 spiro atoms. The summed E-state index contributed by atoms with van der Waals surface area (Å²) in [5.74, 6) is -3.46. The number of benzene rings is 5. The Balaban J connectivity index is 1.20. The van der Waals surface area contributed by atoms with Crippen molar-refractivity contribution in [1.82, 2.24) is 0 Å². The normalized spacial score (nSPS) is 20.7. The average molecular weight is 822 g/mol. The Labute approximate surface area is 351 Å². The summed E-state index contributed by atoms with van der Waals surface area (Å²) in [5.41, 5.74) is 4.98. The lowest BCUT2D eigenvalue weighted by atomic mass is 9.69. The predicted molar refractivity (Wildman–Crippen MR) is 236 cm³/mol. The molecule has 8 rings (SSSR count). The molecule has 2 heterocycles. The minimum absolute atomic E-state index is 0.183. The molecular weight excluding hydrogens is 772 g/mol. The third-order valence-corrected chi connectivity index (χ3v) is 17.4. The Morgan fingerprint density at radius 1 is 0.850 bits per heavy atom. The van der Waals surface area contributed by atoms with E-state index in [0.717, 1.165) is 32.7 Å². The van der Waals surface area contributed by atoms with Gasteiger partial charge in [0, 0.05) is 5.92 Å². The lowest BCUT2D eigenvalue weighted by molar-refractivity contribution is -0.122. The molecule has 0 aromatic heterocycles. The topological polar surface area (TPSA) is 117 Å². The summed E-state index contributed by atoms with van der Waals surface area (Å²) in [6.45, 7) is 7.17. The van der Waals surface area contributed by atoms with E-state index in [1.54, 1.807) is 18.2 Å². The maximum Gasteiger partial charge on any atom is 0.488 e. The van der Waals surface area contributed by atoms with Crippen molar-refractivity contribution in [2.75, 3.05) is 18.1 Å². The van der Waals surface area contributed by atoms with Gasteiger partial charge in [-0.3, -0.25) is 14.5 Å². The van der Waals surface area contributed by atoms with Crippen molar-refractivity contribution in [3.63, 3.8) is 0 Å². The van der Waals surface area contributed by atoms with Crippen molar-refractivity contribution in [1.29, 1.82) is 0 Å². The van der Waals surface area contributed by atoms with Gasteiger partial charge in [0.1, 0.15) is 0 Å². The van der Waals surface area contributed by atoms with Crippen LogP contribution in [0.3, 0.4) is 0 Å². The lowest BCUT2D eigenvalue weighted by Gasteiger charge is -2.44. The molecule has 0 radical (unpaired) electrons. The van der Waals surface area contributed by atoms with Gasteiger partial charge >= 0.3 is 7.12 Å². The summed E-state index contributed by atoms with van der Waals surface area (Å²) < 4.78 is 28.7. The van der Waals surface area contributed by atoms with Crippen LogP contribution in [0.25, 0.3) is 11.6 Å². The van der Waals surface area contributed by atoms with Crippen molar-refractivity contribution < 1.29 is 38.3 Å². The molecular formula is C49H49BFNO7Si. The maximum atomic E-state index is 14.5. The van der Waals surface area contributed by atoms with Crippen LogP contribution in [-0.2, 0) is 18.8 Å². The highest BCUT2D eigenvalue weighted by atomic mass is 28.4. The summed E-state index contributed by atoms with van der Waals surface area (Å²) in [6.07, 6.45) is 2.96. The van der Waals surface area contributed by atoms with E-state index in [1.165, 1.54) is 29.2 Å². The highest BCUT2D eigenvalue weighted by molar-refractivity contribution is 6.99. The maximum absolute atomic E-state index is 14.5. The van der Waals surface area contributed by atoms with Crippen LogP contribution >= 0.6 is 0 Å². The van der Waals surface area contributed by atoms with Gasteiger partial charge in [-0.2, -0.15) is 0 Å². The molecule has 3 aliphatic rings. The molecule has 306 valence electrons. The number of phenols is 1. The standard InChI is InChI=1S/C49H49BFNO7Si/c1-49(2,3)60(38-18-9-5-10-19-38,39-20-11-6-12-21-39)59-30-35-28-40-46(48(55)52(47(40)54)37-17-13-16-36(29-37)50(56)57)41-31-58-44(45(35)41)25-23-34(33-14-7-4-8-15-33)26-32-22-24-43(53)42(51)27-32/h4-22,24,26-27,29,40-41,44,46,53,56-57H,23,25,28,30-31H2,1-3H3/b34-26-/t40-,41+,44-,46-/m1/s1. The molecule has 60 heavy (non-hydrogen) atoms. The van der Waals surface area contributed by atoms with Gasteiger partial charge in [0.05, 0.1) is 36.8 Å². The molecule has 5 aromatic carbocycles. The van der Waals surface area contributed by atoms with Gasteiger partial charge in [0.2, 0.25) is 11.8 Å². The van der Waals surface area contributed by atoms with Gasteiger partial charge in [0.15, 0.2) is 11.6 Å². The Kier molecular flexibility index (Phi) is 11.6. The van der Waals surface area contributed by atoms with Crippen LogP contribution in [-0.4, -0.2) is 61.7 Å². The van der Waals surface area contributed by atoms with Crippen LogP contribution in [0, 0.1) is 23.6 Å². The van der Waals surface area contributed by atoms with Gasteiger partial charge in [-0.05, 0) is 92.2 Å². The van der Waals surface area contributed by atoms with Gasteiger partial charge in [-0.15, -0.1) is 0 Å². The van der Waals surface area contributed by atoms with Crippen LogP contribution in [0.2, 0.25) is 5.04 Å². The summed E-state index contributed by atoms with van der Waals surface area (Å²) in [7, 11) is -4.78. The number of anilines is 1. The first-order chi connectivity index (χ1) is 28.9. The number of fused-ring (bicyclic) bond motifs is 3. The summed E-state index contributed by atoms with van der Waals surface area (Å²) >= 11 is 0. The second-order valence-corrected chi connectivity index (χ2v) is 21.3. The van der Waals surface area contributed by atoms with Crippen LogP contribution < -0.4 is 20.7 Å². The quantitative estimate of drug-likeness (QED) is 0.0561. The number of ether oxygens (including phenoxy) is 1. The van der Waals surface area contributed by atoms with Gasteiger partial charge in [0.25, 0.3) is 8.32 Å². The molecule has 1 aliphatic carbocycles. The Hall–Kier alpha value is -5.43. The number of amides is 2. The van der Waals surface area contributed by atoms with E-state index in [-0.39, 0.29) is 47.6 Å². The number of carbonyl (C=O) groups excluding carboxylic acids is 2. The highest BCUT2D eigenvalue weighted by Gasteiger charge is 2.58. The van der Waals surface area contributed by atoms with E-state index in [1.807, 2.05) is 72.8 Å². The number of aromatic hydroxyl groups is 1. The van der Waals surface area contributed by atoms with Crippen molar-refractivity contribution in [3.05, 3.63) is 162 Å². The molecule has 2 saturated heterocycles. The molecule has 8 nitrogen and oxygen atoms in total. The SMILES string of the molecule is CC(C)(C)[Si](OCC1=C2[C@@H](CC/C(=C/c3ccc(O)c(F)c3)c3ccccc3)OC[C@@H]2[C@@H]2C(=O)N(c3cccc(B(O)O)c3)C(=O)[C@@H]2C1)(c1ccccc1)c1ccccc1. The van der Waals surface area contributed by atoms with Crippen LogP contribution in [0.1, 0.15) is 51.2 Å². The number of phenolic OH excluding ortho intramolecular Hbond substituents is 1. The first kappa shape index (κ1) is 41.3. The fourth-order valence-electron chi connectivity index (χ4n) is 9.69. The second-order valence-electron chi connectivity index (χ2n) is 17.0. The number of halogens is 1. The van der Waals surface area contributed by atoms with E-state index in [9.17, 15) is 29.1 Å². The molecule has 2 aliphatic heterocycles. The monoisotopic (exact) mass is 821 g/mol. The van der Waals surface area contributed by atoms with Crippen molar-refractivity contribution >= 4 is 60.4 Å². The van der Waals surface area contributed by atoms with Crippen LogP contribution in [0.4, 0.5) is 10.1 Å². The first-order valence-corrected chi connectivity index (χ1v) is 22.4. The molecule has 3 N–H and O–H groups in total. The van der Waals surface area contributed by atoms with Gasteiger partial charge < -0.3 is 24.3 Å². The third kappa shape index (κ3) is 7.72. The molecule has 2 amide bonds. The minimum Gasteiger partial charge on any atom is -0.505 e. The first-order valence-electron chi connectivity index (χ1n) is 20.5. The van der Waals surface area contributed by atoms with Crippen molar-refractivity contribution in [2.24, 2.45) is 17.8 Å². The largest absolute Gasteiger partial charge is 0.505 e. The summed E-state index contributed by atoms with van der Waals surface area (Å²) in [4.78, 5) is 30.2. The number of hydrogen-bond acceptors (Lipinski definition) is 7. The fourth-order valence-corrected chi connectivity index (χ4v) is 14.2. The molecule has 0 unspecified atom stereocenters. The average Bonchev–Trinajstić information content (AvgIpc) is 3.78. The second kappa shape index (κ2) is 16.9. The van der Waals surface area contributed by atoms with Gasteiger partial charge in [-0.25, -0.2) is 4.39 Å². The van der Waals surface area contributed by atoms with E-state index in [4.69, 9.17) is 9.16 Å². The molecule has 11 heteroatoms. The summed E-state index contributed by atoms with van der Waals surface area (Å²) in [5, 5.41) is 31.7. The molecule has 5 aromatic rings. The predicted octanol–water partition coefficient (Wildman–Crippen LogP) is 6.63. The number of imide groups is 1. The lowest BCUT2D eigenvalue weighted by Crippen LogP contribution is -2.66. The molecule has 0 saturated carbocycles. The zero-order chi connectivity index (χ0) is 42.2. The Bertz CT molecular complexity index is 2400. The number of nitrogens with zero attached hydrogens (tertiary/aromatic N) is 1. The van der Waals surface area contributed by atoms with Crippen molar-refractivity contribution in [3.8, 4) is 5.75 Å². The zero-order valence-corrected chi connectivity index (χ0v) is 35.0. The van der Waals surface area contributed by atoms with Crippen LogP contribution in [0.15, 0.2) is 145 Å². The molecule has 0 bridgehead atoms. The van der Waals surface area contributed by atoms with Crippen LogP contribution in [0.5, 0.6) is 5.75 Å². The Morgan fingerprint density at radius 2 is 1.50 bits per heavy atom. The van der Waals surface area contributed by atoms with Gasteiger partial charge in [-0.1, -0.05) is 136 Å². The number of allylic oxidation sites excluding steroid dienone is 1. The highest BCUT2D eigenvalue weighted by Crippen LogP contribution is 2.51. The Morgan fingerprint density at radius 3 is 2.12 bits per heavy atom. The van der Waals surface area contributed by atoms with E-state index in [2.05, 4.69) is 45.0 Å². The molecule has 2 fully saturated rings. The number of rotatable bonds is 12. The van der Waals surface area contributed by atoms with E-state index >= 15 is 0 Å². The third-order valence-electron chi connectivity index (χ3n) is 12.4. The van der Waals surface area contributed by atoms with E-state index in [0.29, 0.717) is 30.5 Å². The smallest absolute Gasteiger partial charge is 0.488 e. The number of carbonyl (C=O) groups is 2. The van der Waals surface area contributed by atoms with Crippen molar-refractivity contribution in [2.45, 2.75) is 51.2 Å².